The van der Waals surface area contributed by atoms with E-state index in [1.807, 2.05) is 49.4 Å². The number of para-hydroxylation sites is 1. The zero-order valence-corrected chi connectivity index (χ0v) is 15.2. The maximum atomic E-state index is 5.67. The molecule has 0 radical (unpaired) electrons. The Bertz CT molecular complexity index is 686. The Balaban J connectivity index is 2.02. The van der Waals surface area contributed by atoms with Gasteiger partial charge in [0.25, 0.3) is 0 Å². The topological polar surface area (TPSA) is 54.9 Å². The van der Waals surface area contributed by atoms with Crippen LogP contribution >= 0.6 is 0 Å². The number of ether oxygens (including phenoxy) is 2. The Morgan fingerprint density at radius 3 is 2.64 bits per heavy atom. The number of nitrogens with zero attached hydrogens (tertiary/aromatic N) is 1. The number of hydrogen-bond acceptors (Lipinski definition) is 3. The minimum atomic E-state index is 0.583. The van der Waals surface area contributed by atoms with Gasteiger partial charge in [0.2, 0.25) is 0 Å². The summed E-state index contributed by atoms with van der Waals surface area (Å²) in [5.74, 6) is 2.52. The fraction of sp³-hybridized carbons (Fsp3) is 0.350. The Kier molecular flexibility index (Phi) is 7.63. The van der Waals surface area contributed by atoms with Crippen LogP contribution in [0.15, 0.2) is 53.5 Å². The molecule has 0 atom stereocenters. The van der Waals surface area contributed by atoms with Crippen LogP contribution in [0, 0.1) is 0 Å². The van der Waals surface area contributed by atoms with Gasteiger partial charge in [-0.25, -0.2) is 4.99 Å². The van der Waals surface area contributed by atoms with Gasteiger partial charge in [-0.3, -0.25) is 0 Å². The molecule has 0 aliphatic heterocycles. The molecule has 2 aromatic rings. The highest BCUT2D eigenvalue weighted by Gasteiger charge is 2.04. The normalized spacial score (nSPS) is 11.1. The molecule has 0 aliphatic rings. The highest BCUT2D eigenvalue weighted by molar-refractivity contribution is 5.79. The first-order chi connectivity index (χ1) is 12.3. The molecule has 5 nitrogen and oxygen atoms in total. The molecule has 0 fully saturated rings. The van der Waals surface area contributed by atoms with Crippen molar-refractivity contribution >= 4 is 5.96 Å². The van der Waals surface area contributed by atoms with Crippen LogP contribution in [0.3, 0.4) is 0 Å². The average molecular weight is 341 g/mol. The van der Waals surface area contributed by atoms with Crippen molar-refractivity contribution in [3.05, 3.63) is 59.7 Å². The number of aliphatic imine (C=N–C) groups is 1. The van der Waals surface area contributed by atoms with Crippen LogP contribution in [0.4, 0.5) is 0 Å². The molecular weight excluding hydrogens is 314 g/mol. The number of rotatable bonds is 8. The van der Waals surface area contributed by atoms with Gasteiger partial charge in [0, 0.05) is 18.7 Å². The SMILES string of the molecule is CCNC(=NCc1cccc(OC)c1)NCc1ccccc1OCC. The Labute approximate surface area is 150 Å². The van der Waals surface area contributed by atoms with Crippen LogP contribution in [0.5, 0.6) is 11.5 Å². The lowest BCUT2D eigenvalue weighted by Gasteiger charge is -2.14. The Hall–Kier alpha value is -2.69. The second-order valence-electron chi connectivity index (χ2n) is 5.44. The lowest BCUT2D eigenvalue weighted by molar-refractivity contribution is 0.336. The molecule has 0 saturated carbocycles. The van der Waals surface area contributed by atoms with Gasteiger partial charge in [-0.05, 0) is 37.6 Å². The highest BCUT2D eigenvalue weighted by atomic mass is 16.5. The van der Waals surface area contributed by atoms with E-state index in [9.17, 15) is 0 Å². The van der Waals surface area contributed by atoms with E-state index >= 15 is 0 Å². The molecule has 0 saturated heterocycles. The molecule has 0 aromatic heterocycles. The molecule has 2 rings (SSSR count). The van der Waals surface area contributed by atoms with Crippen LogP contribution < -0.4 is 20.1 Å². The summed E-state index contributed by atoms with van der Waals surface area (Å²) < 4.78 is 10.9. The van der Waals surface area contributed by atoms with Crippen LogP contribution in [0.1, 0.15) is 25.0 Å². The molecule has 2 aromatic carbocycles. The maximum absolute atomic E-state index is 5.67. The molecule has 25 heavy (non-hydrogen) atoms. The predicted octanol–water partition coefficient (Wildman–Crippen LogP) is 3.35. The molecule has 0 amide bonds. The van der Waals surface area contributed by atoms with Crippen molar-refractivity contribution in [2.45, 2.75) is 26.9 Å². The first kappa shape index (κ1) is 18.6. The zero-order valence-electron chi connectivity index (χ0n) is 15.2. The summed E-state index contributed by atoms with van der Waals surface area (Å²) in [6, 6.07) is 16.0. The van der Waals surface area contributed by atoms with Crippen molar-refractivity contribution in [2.75, 3.05) is 20.3 Å². The second-order valence-corrected chi connectivity index (χ2v) is 5.44. The quantitative estimate of drug-likeness (QED) is 0.571. The molecular formula is C20H27N3O2. The minimum Gasteiger partial charge on any atom is -0.497 e. The van der Waals surface area contributed by atoms with E-state index in [1.54, 1.807) is 7.11 Å². The van der Waals surface area contributed by atoms with Gasteiger partial charge < -0.3 is 20.1 Å². The molecule has 0 heterocycles. The molecule has 0 aliphatic carbocycles. The fourth-order valence-corrected chi connectivity index (χ4v) is 2.41. The van der Waals surface area contributed by atoms with E-state index < -0.39 is 0 Å². The van der Waals surface area contributed by atoms with Crippen molar-refractivity contribution in [2.24, 2.45) is 4.99 Å². The third-order valence-electron chi connectivity index (χ3n) is 3.62. The highest BCUT2D eigenvalue weighted by Crippen LogP contribution is 2.17. The van der Waals surface area contributed by atoms with E-state index in [1.165, 1.54) is 0 Å². The first-order valence-corrected chi connectivity index (χ1v) is 8.62. The van der Waals surface area contributed by atoms with Gasteiger partial charge in [0.05, 0.1) is 20.3 Å². The van der Waals surface area contributed by atoms with Crippen molar-refractivity contribution in [1.29, 1.82) is 0 Å². The van der Waals surface area contributed by atoms with E-state index in [4.69, 9.17) is 9.47 Å². The third-order valence-corrected chi connectivity index (χ3v) is 3.62. The summed E-state index contributed by atoms with van der Waals surface area (Å²) >= 11 is 0. The second kappa shape index (κ2) is 10.2. The van der Waals surface area contributed by atoms with Crippen molar-refractivity contribution in [3.63, 3.8) is 0 Å². The Morgan fingerprint density at radius 2 is 1.88 bits per heavy atom. The number of nitrogens with one attached hydrogen (secondary N) is 2. The van der Waals surface area contributed by atoms with Crippen LogP contribution in [-0.2, 0) is 13.1 Å². The van der Waals surface area contributed by atoms with Crippen LogP contribution in [-0.4, -0.2) is 26.2 Å². The molecule has 0 unspecified atom stereocenters. The lowest BCUT2D eigenvalue weighted by atomic mass is 10.2. The molecule has 134 valence electrons. The van der Waals surface area contributed by atoms with Crippen LogP contribution in [0.2, 0.25) is 0 Å². The summed E-state index contributed by atoms with van der Waals surface area (Å²) in [7, 11) is 1.67. The van der Waals surface area contributed by atoms with Crippen molar-refractivity contribution in [3.8, 4) is 11.5 Å². The zero-order chi connectivity index (χ0) is 17.9. The maximum Gasteiger partial charge on any atom is 0.191 e. The van der Waals surface area contributed by atoms with Crippen LogP contribution in [0.25, 0.3) is 0 Å². The van der Waals surface area contributed by atoms with Gasteiger partial charge in [0.15, 0.2) is 5.96 Å². The van der Waals surface area contributed by atoms with E-state index in [-0.39, 0.29) is 0 Å². The van der Waals surface area contributed by atoms with Gasteiger partial charge >= 0.3 is 0 Å². The largest absolute Gasteiger partial charge is 0.497 e. The summed E-state index contributed by atoms with van der Waals surface area (Å²) in [5, 5.41) is 6.63. The van der Waals surface area contributed by atoms with Gasteiger partial charge in [-0.15, -0.1) is 0 Å². The predicted molar refractivity (Wildman–Crippen MR) is 102 cm³/mol. The number of guanidine groups is 1. The lowest BCUT2D eigenvalue weighted by Crippen LogP contribution is -2.36. The molecule has 2 N–H and O–H groups in total. The number of hydrogen-bond donors (Lipinski definition) is 2. The standard InChI is InChI=1S/C20H27N3O2/c1-4-21-20(22-14-16-9-8-11-18(13-16)24-3)23-15-17-10-6-7-12-19(17)25-5-2/h6-13H,4-5,14-15H2,1-3H3,(H2,21,22,23). The number of benzene rings is 2. The fourth-order valence-electron chi connectivity index (χ4n) is 2.41. The van der Waals surface area contributed by atoms with Crippen molar-refractivity contribution < 1.29 is 9.47 Å². The van der Waals surface area contributed by atoms with E-state index in [2.05, 4.69) is 28.6 Å². The molecule has 0 bridgehead atoms. The van der Waals surface area contributed by atoms with E-state index in [0.29, 0.717) is 19.7 Å². The Morgan fingerprint density at radius 1 is 1.04 bits per heavy atom. The van der Waals surface area contributed by atoms with Gasteiger partial charge in [0.1, 0.15) is 11.5 Å². The third kappa shape index (κ3) is 6.03. The smallest absolute Gasteiger partial charge is 0.191 e. The average Bonchev–Trinajstić information content (AvgIpc) is 2.65. The summed E-state index contributed by atoms with van der Waals surface area (Å²) in [5.41, 5.74) is 2.21. The minimum absolute atomic E-state index is 0.583. The monoisotopic (exact) mass is 341 g/mol. The molecule has 0 spiro atoms. The van der Waals surface area contributed by atoms with Gasteiger partial charge in [-0.2, -0.15) is 0 Å². The van der Waals surface area contributed by atoms with Crippen molar-refractivity contribution in [1.82, 2.24) is 10.6 Å². The van der Waals surface area contributed by atoms with Gasteiger partial charge in [-0.1, -0.05) is 30.3 Å². The summed E-state index contributed by atoms with van der Waals surface area (Å²) in [6.07, 6.45) is 0. The first-order valence-electron chi connectivity index (χ1n) is 8.62. The number of methoxy groups -OCH3 is 1. The molecule has 5 heteroatoms. The summed E-state index contributed by atoms with van der Waals surface area (Å²) in [4.78, 5) is 4.65. The van der Waals surface area contributed by atoms with E-state index in [0.717, 1.165) is 35.1 Å². The summed E-state index contributed by atoms with van der Waals surface area (Å²) in [6.45, 7) is 6.73.